The first-order valence-electron chi connectivity index (χ1n) is 10.3. The van der Waals surface area contributed by atoms with E-state index in [0.717, 1.165) is 36.1 Å². The molecule has 1 aliphatic rings. The molecule has 1 aromatic carbocycles. The van der Waals surface area contributed by atoms with Gasteiger partial charge in [0.1, 0.15) is 11.4 Å². The van der Waals surface area contributed by atoms with Crippen molar-refractivity contribution in [2.75, 3.05) is 25.5 Å². The summed E-state index contributed by atoms with van der Waals surface area (Å²) in [5, 5.41) is 8.31. The van der Waals surface area contributed by atoms with E-state index in [1.165, 1.54) is 0 Å². The molecule has 3 heterocycles. The van der Waals surface area contributed by atoms with Crippen molar-refractivity contribution in [3.8, 4) is 11.1 Å². The zero-order valence-electron chi connectivity index (χ0n) is 17.9. The number of anilines is 1. The Labute approximate surface area is 186 Å². The smallest absolute Gasteiger partial charge is 0.229 e. The van der Waals surface area contributed by atoms with Crippen LogP contribution in [0.4, 0.5) is 5.95 Å². The number of hydrogen-bond donors (Lipinski definition) is 0. The van der Waals surface area contributed by atoms with E-state index in [0.29, 0.717) is 28.9 Å². The van der Waals surface area contributed by atoms with Crippen LogP contribution < -0.4 is 4.90 Å². The highest BCUT2D eigenvalue weighted by Crippen LogP contribution is 2.37. The quantitative estimate of drug-likeness (QED) is 0.595. The van der Waals surface area contributed by atoms with Gasteiger partial charge in [0, 0.05) is 37.4 Å². The third-order valence-corrected chi connectivity index (χ3v) is 5.78. The second-order valence-electron chi connectivity index (χ2n) is 7.95. The monoisotopic (exact) mass is 440 g/mol. The molecule has 1 aliphatic heterocycles. The molecule has 1 atom stereocenters. The van der Waals surface area contributed by atoms with E-state index in [9.17, 15) is 4.79 Å². The number of rotatable bonds is 5. The van der Waals surface area contributed by atoms with Crippen LogP contribution in [0.2, 0.25) is 5.02 Å². The largest absolute Gasteiger partial charge is 0.347 e. The molecule has 0 radical (unpaired) electrons. The van der Waals surface area contributed by atoms with Crippen LogP contribution in [0.5, 0.6) is 0 Å². The molecule has 0 spiro atoms. The number of nitrogens with zero attached hydrogens (tertiary/aromatic N) is 6. The Kier molecular flexibility index (Phi) is 6.18. The zero-order valence-corrected chi connectivity index (χ0v) is 18.6. The van der Waals surface area contributed by atoms with Gasteiger partial charge in [-0.25, -0.2) is 14.6 Å². The van der Waals surface area contributed by atoms with E-state index in [2.05, 4.69) is 15.3 Å². The van der Waals surface area contributed by atoms with Gasteiger partial charge in [-0.1, -0.05) is 34.0 Å². The Morgan fingerprint density at radius 2 is 2.13 bits per heavy atom. The van der Waals surface area contributed by atoms with Crippen molar-refractivity contribution >= 4 is 23.5 Å². The molecule has 2 aromatic heterocycles. The highest BCUT2D eigenvalue weighted by Gasteiger charge is 2.32. The molecule has 0 bridgehead atoms. The summed E-state index contributed by atoms with van der Waals surface area (Å²) in [4.78, 5) is 26.4. The fourth-order valence-corrected chi connectivity index (χ4v) is 4.09. The Bertz CT molecular complexity index is 1080. The van der Waals surface area contributed by atoms with Gasteiger partial charge in [-0.2, -0.15) is 0 Å². The Balaban J connectivity index is 1.74. The lowest BCUT2D eigenvalue weighted by atomic mass is 9.93. The molecular formula is C22H25ClN6O2. The van der Waals surface area contributed by atoms with E-state index < -0.39 is 0 Å². The Morgan fingerprint density at radius 3 is 2.84 bits per heavy atom. The Hall–Kier alpha value is -3.00. The maximum absolute atomic E-state index is 13.3. The van der Waals surface area contributed by atoms with Gasteiger partial charge in [-0.15, -0.1) is 0 Å². The third-order valence-electron chi connectivity index (χ3n) is 5.55. The van der Waals surface area contributed by atoms with Crippen LogP contribution >= 0.6 is 11.6 Å². The minimum atomic E-state index is -0.155. The van der Waals surface area contributed by atoms with E-state index in [1.807, 2.05) is 54.4 Å². The summed E-state index contributed by atoms with van der Waals surface area (Å²) in [6.07, 6.45) is 4.79. The lowest BCUT2D eigenvalue weighted by molar-refractivity contribution is -0.134. The standard InChI is InChI=1S/C22H25ClN6O2/c1-14-18(27-31-26-14)12-20(30)29-10-5-4-9-19(29)21-17(13-24-22(25-21)28(2)3)15-7-6-8-16(23)11-15/h6-8,11,13,19H,4-5,9-10,12H2,1-3H3/t19-/m1/s1. The average Bonchev–Trinajstić information content (AvgIpc) is 3.17. The van der Waals surface area contributed by atoms with Crippen molar-refractivity contribution < 1.29 is 9.42 Å². The summed E-state index contributed by atoms with van der Waals surface area (Å²) in [5.41, 5.74) is 3.86. The van der Waals surface area contributed by atoms with Gasteiger partial charge >= 0.3 is 0 Å². The van der Waals surface area contributed by atoms with Gasteiger partial charge in [-0.3, -0.25) is 4.79 Å². The number of likely N-dealkylation sites (tertiary alicyclic amines) is 1. The van der Waals surface area contributed by atoms with Crippen molar-refractivity contribution in [2.24, 2.45) is 0 Å². The second-order valence-corrected chi connectivity index (χ2v) is 8.38. The summed E-state index contributed by atoms with van der Waals surface area (Å²) in [6.45, 7) is 2.46. The zero-order chi connectivity index (χ0) is 22.0. The van der Waals surface area contributed by atoms with Crippen molar-refractivity contribution in [1.29, 1.82) is 0 Å². The first-order valence-corrected chi connectivity index (χ1v) is 10.7. The lowest BCUT2D eigenvalue weighted by Gasteiger charge is -2.36. The molecule has 4 rings (SSSR count). The number of halogens is 1. The SMILES string of the molecule is Cc1nonc1CC(=O)N1CCCC[C@@H]1c1nc(N(C)C)ncc1-c1cccc(Cl)c1. The van der Waals surface area contributed by atoms with E-state index in [-0.39, 0.29) is 18.4 Å². The summed E-state index contributed by atoms with van der Waals surface area (Å²) < 4.78 is 4.77. The minimum Gasteiger partial charge on any atom is -0.347 e. The van der Waals surface area contributed by atoms with E-state index in [1.54, 1.807) is 6.92 Å². The summed E-state index contributed by atoms with van der Waals surface area (Å²) in [7, 11) is 3.81. The van der Waals surface area contributed by atoms with Crippen LogP contribution in [0.15, 0.2) is 35.1 Å². The molecule has 0 N–H and O–H groups in total. The summed E-state index contributed by atoms with van der Waals surface area (Å²) in [5.74, 6) is 0.598. The maximum atomic E-state index is 13.3. The van der Waals surface area contributed by atoms with Crippen molar-refractivity contribution in [3.05, 3.63) is 52.6 Å². The van der Waals surface area contributed by atoms with Crippen LogP contribution in [-0.2, 0) is 11.2 Å². The predicted molar refractivity (Wildman–Crippen MR) is 118 cm³/mol. The van der Waals surface area contributed by atoms with Crippen molar-refractivity contribution in [3.63, 3.8) is 0 Å². The molecule has 162 valence electrons. The highest BCUT2D eigenvalue weighted by atomic mass is 35.5. The molecule has 1 saturated heterocycles. The van der Waals surface area contributed by atoms with E-state index in [4.69, 9.17) is 21.2 Å². The normalized spacial score (nSPS) is 16.4. The topological polar surface area (TPSA) is 88.2 Å². The van der Waals surface area contributed by atoms with Gasteiger partial charge in [-0.05, 0) is 43.9 Å². The fraction of sp³-hybridized carbons (Fsp3) is 0.409. The van der Waals surface area contributed by atoms with Crippen molar-refractivity contribution in [2.45, 2.75) is 38.6 Å². The molecule has 0 saturated carbocycles. The number of benzene rings is 1. The number of aryl methyl sites for hydroxylation is 1. The van der Waals surface area contributed by atoms with Gasteiger partial charge in [0.05, 0.1) is 18.2 Å². The molecule has 8 nitrogen and oxygen atoms in total. The van der Waals surface area contributed by atoms with Crippen LogP contribution in [0, 0.1) is 6.92 Å². The third kappa shape index (κ3) is 4.54. The first kappa shape index (κ1) is 21.2. The minimum absolute atomic E-state index is 0.00874. The van der Waals surface area contributed by atoms with Crippen molar-refractivity contribution in [1.82, 2.24) is 25.2 Å². The van der Waals surface area contributed by atoms with Gasteiger partial charge in [0.15, 0.2) is 0 Å². The Morgan fingerprint density at radius 1 is 1.29 bits per heavy atom. The lowest BCUT2D eigenvalue weighted by Crippen LogP contribution is -2.40. The number of amides is 1. The van der Waals surface area contributed by atoms with Gasteiger partial charge < -0.3 is 9.80 Å². The predicted octanol–water partition coefficient (Wildman–Crippen LogP) is 3.85. The molecule has 9 heteroatoms. The number of aromatic nitrogens is 4. The summed E-state index contributed by atoms with van der Waals surface area (Å²) in [6, 6.07) is 7.48. The van der Waals surface area contributed by atoms with Crippen LogP contribution in [0.25, 0.3) is 11.1 Å². The van der Waals surface area contributed by atoms with Crippen LogP contribution in [-0.4, -0.2) is 51.7 Å². The maximum Gasteiger partial charge on any atom is 0.229 e. The second kappa shape index (κ2) is 9.01. The number of carbonyl (C=O) groups is 1. The first-order chi connectivity index (χ1) is 14.9. The number of carbonyl (C=O) groups excluding carboxylic acids is 1. The molecule has 3 aromatic rings. The average molecular weight is 441 g/mol. The van der Waals surface area contributed by atoms with E-state index >= 15 is 0 Å². The molecule has 31 heavy (non-hydrogen) atoms. The number of piperidine rings is 1. The van der Waals surface area contributed by atoms with Crippen LogP contribution in [0.1, 0.15) is 42.4 Å². The summed E-state index contributed by atoms with van der Waals surface area (Å²) >= 11 is 6.25. The highest BCUT2D eigenvalue weighted by molar-refractivity contribution is 6.30. The molecule has 1 amide bonds. The van der Waals surface area contributed by atoms with Crippen LogP contribution in [0.3, 0.4) is 0 Å². The molecule has 0 aliphatic carbocycles. The van der Waals surface area contributed by atoms with Gasteiger partial charge in [0.2, 0.25) is 11.9 Å². The fourth-order valence-electron chi connectivity index (χ4n) is 3.90. The van der Waals surface area contributed by atoms with Gasteiger partial charge in [0.25, 0.3) is 0 Å². The molecular weight excluding hydrogens is 416 g/mol. The molecule has 1 fully saturated rings. The molecule has 0 unspecified atom stereocenters. The number of hydrogen-bond acceptors (Lipinski definition) is 7.